The van der Waals surface area contributed by atoms with E-state index in [1.165, 1.54) is 16.7 Å². The standard InChI is InChI=1S/C25H27NO2/c1-28-25-13-12-23(15-17-27)24(18-25)14-16-26(19-21-8-4-2-5-9-21)20-22-10-6-3-7-11-22/h2-13,17-18H,14-16,19-20H2,1H3. The molecule has 0 N–H and O–H groups in total. The molecule has 3 heteroatoms. The van der Waals surface area contributed by atoms with Crippen LogP contribution in [-0.2, 0) is 30.7 Å². The molecule has 0 bridgehead atoms. The quantitative estimate of drug-likeness (QED) is 0.483. The molecule has 0 aromatic heterocycles. The minimum Gasteiger partial charge on any atom is -0.497 e. The Morgan fingerprint density at radius 2 is 1.43 bits per heavy atom. The van der Waals surface area contributed by atoms with Crippen molar-refractivity contribution >= 4 is 6.29 Å². The highest BCUT2D eigenvalue weighted by Crippen LogP contribution is 2.20. The van der Waals surface area contributed by atoms with E-state index in [-0.39, 0.29) is 0 Å². The van der Waals surface area contributed by atoms with Crippen LogP contribution in [-0.4, -0.2) is 24.8 Å². The van der Waals surface area contributed by atoms with Crippen LogP contribution in [0.2, 0.25) is 0 Å². The van der Waals surface area contributed by atoms with Crippen molar-refractivity contribution in [3.63, 3.8) is 0 Å². The van der Waals surface area contributed by atoms with Gasteiger partial charge in [-0.15, -0.1) is 0 Å². The topological polar surface area (TPSA) is 29.5 Å². The first-order chi connectivity index (χ1) is 13.8. The minimum absolute atomic E-state index is 0.441. The molecule has 0 heterocycles. The van der Waals surface area contributed by atoms with Gasteiger partial charge < -0.3 is 9.53 Å². The second-order valence-electron chi connectivity index (χ2n) is 6.94. The van der Waals surface area contributed by atoms with Gasteiger partial charge in [-0.05, 0) is 40.8 Å². The molecule has 0 radical (unpaired) electrons. The molecule has 0 saturated carbocycles. The molecule has 3 aromatic rings. The zero-order chi connectivity index (χ0) is 19.6. The lowest BCUT2D eigenvalue weighted by molar-refractivity contribution is -0.107. The minimum atomic E-state index is 0.441. The number of rotatable bonds is 10. The molecule has 0 saturated heterocycles. The molecule has 0 unspecified atom stereocenters. The molecule has 0 aliphatic carbocycles. The number of aldehydes is 1. The summed E-state index contributed by atoms with van der Waals surface area (Å²) in [6.07, 6.45) is 2.29. The van der Waals surface area contributed by atoms with Crippen molar-refractivity contribution in [1.82, 2.24) is 4.90 Å². The van der Waals surface area contributed by atoms with Crippen molar-refractivity contribution in [2.24, 2.45) is 0 Å². The van der Waals surface area contributed by atoms with Crippen molar-refractivity contribution in [3.8, 4) is 5.75 Å². The van der Waals surface area contributed by atoms with Crippen molar-refractivity contribution in [2.45, 2.75) is 25.9 Å². The van der Waals surface area contributed by atoms with Gasteiger partial charge in [-0.2, -0.15) is 0 Å². The lowest BCUT2D eigenvalue weighted by atomic mass is 10.0. The van der Waals surface area contributed by atoms with Crippen LogP contribution in [0, 0.1) is 0 Å². The fourth-order valence-electron chi connectivity index (χ4n) is 3.43. The van der Waals surface area contributed by atoms with Gasteiger partial charge in [0.15, 0.2) is 0 Å². The van der Waals surface area contributed by atoms with E-state index >= 15 is 0 Å². The number of carbonyl (C=O) groups excluding carboxylic acids is 1. The van der Waals surface area contributed by atoms with Gasteiger partial charge in [0.25, 0.3) is 0 Å². The van der Waals surface area contributed by atoms with Crippen LogP contribution in [0.5, 0.6) is 5.75 Å². The van der Waals surface area contributed by atoms with Crippen molar-refractivity contribution in [1.29, 1.82) is 0 Å². The van der Waals surface area contributed by atoms with Gasteiger partial charge in [-0.1, -0.05) is 66.7 Å². The molecule has 0 atom stereocenters. The first kappa shape index (κ1) is 19.8. The molecule has 3 nitrogen and oxygen atoms in total. The Balaban J connectivity index is 1.76. The van der Waals surface area contributed by atoms with Crippen LogP contribution >= 0.6 is 0 Å². The Hall–Kier alpha value is -2.91. The molecule has 3 rings (SSSR count). The molecule has 0 spiro atoms. The third kappa shape index (κ3) is 5.80. The molecule has 0 aliphatic heterocycles. The average molecular weight is 373 g/mol. The second-order valence-corrected chi connectivity index (χ2v) is 6.94. The molecule has 3 aromatic carbocycles. The molecule has 0 amide bonds. The van der Waals surface area contributed by atoms with Gasteiger partial charge >= 0.3 is 0 Å². The Labute approximate surface area is 167 Å². The van der Waals surface area contributed by atoms with E-state index in [4.69, 9.17) is 4.74 Å². The number of carbonyl (C=O) groups is 1. The SMILES string of the molecule is COc1ccc(CC=O)c(CCN(Cc2ccccc2)Cc2ccccc2)c1. The maximum atomic E-state index is 11.1. The fourth-order valence-corrected chi connectivity index (χ4v) is 3.43. The lowest BCUT2D eigenvalue weighted by Gasteiger charge is -2.23. The van der Waals surface area contributed by atoms with E-state index in [0.717, 1.165) is 43.7 Å². The fraction of sp³-hybridized carbons (Fsp3) is 0.240. The van der Waals surface area contributed by atoms with E-state index in [0.29, 0.717) is 6.42 Å². The Kier molecular flexibility index (Phi) is 7.39. The molecular weight excluding hydrogens is 346 g/mol. The van der Waals surface area contributed by atoms with Gasteiger partial charge in [0.05, 0.1) is 7.11 Å². The summed E-state index contributed by atoms with van der Waals surface area (Å²) in [5.74, 6) is 0.835. The molecule has 0 aliphatic rings. The van der Waals surface area contributed by atoms with Gasteiger partial charge in [0.1, 0.15) is 12.0 Å². The summed E-state index contributed by atoms with van der Waals surface area (Å²) in [4.78, 5) is 13.5. The molecular formula is C25H27NO2. The Morgan fingerprint density at radius 3 is 1.96 bits per heavy atom. The first-order valence-electron chi connectivity index (χ1n) is 9.68. The first-order valence-corrected chi connectivity index (χ1v) is 9.68. The number of nitrogens with zero attached hydrogens (tertiary/aromatic N) is 1. The van der Waals surface area contributed by atoms with Crippen LogP contribution < -0.4 is 4.74 Å². The summed E-state index contributed by atoms with van der Waals surface area (Å²) in [6.45, 7) is 2.69. The number of hydrogen-bond acceptors (Lipinski definition) is 3. The number of benzene rings is 3. The smallest absolute Gasteiger partial charge is 0.124 e. The normalized spacial score (nSPS) is 10.8. The van der Waals surface area contributed by atoms with Gasteiger partial charge in [-0.25, -0.2) is 0 Å². The highest BCUT2D eigenvalue weighted by Gasteiger charge is 2.10. The van der Waals surface area contributed by atoms with Crippen LogP contribution in [0.3, 0.4) is 0 Å². The van der Waals surface area contributed by atoms with Crippen molar-refractivity contribution in [3.05, 3.63) is 101 Å². The highest BCUT2D eigenvalue weighted by atomic mass is 16.5. The van der Waals surface area contributed by atoms with E-state index in [1.54, 1.807) is 7.11 Å². The zero-order valence-corrected chi connectivity index (χ0v) is 16.4. The predicted molar refractivity (Wildman–Crippen MR) is 113 cm³/mol. The largest absolute Gasteiger partial charge is 0.497 e. The second kappa shape index (κ2) is 10.4. The van der Waals surface area contributed by atoms with Crippen molar-refractivity contribution in [2.75, 3.05) is 13.7 Å². The van der Waals surface area contributed by atoms with Crippen LogP contribution in [0.15, 0.2) is 78.9 Å². The van der Waals surface area contributed by atoms with Gasteiger partial charge in [0, 0.05) is 26.1 Å². The van der Waals surface area contributed by atoms with Gasteiger partial charge in [0.2, 0.25) is 0 Å². The monoisotopic (exact) mass is 373 g/mol. The van der Waals surface area contributed by atoms with E-state index in [2.05, 4.69) is 59.5 Å². The van der Waals surface area contributed by atoms with E-state index < -0.39 is 0 Å². The van der Waals surface area contributed by atoms with Gasteiger partial charge in [-0.3, -0.25) is 4.90 Å². The molecule has 28 heavy (non-hydrogen) atoms. The average Bonchev–Trinajstić information content (AvgIpc) is 2.74. The van der Waals surface area contributed by atoms with E-state index in [9.17, 15) is 4.79 Å². The van der Waals surface area contributed by atoms with E-state index in [1.807, 2.05) is 24.3 Å². The summed E-state index contributed by atoms with van der Waals surface area (Å²) in [5.41, 5.74) is 4.86. The van der Waals surface area contributed by atoms with Crippen molar-refractivity contribution < 1.29 is 9.53 Å². The zero-order valence-electron chi connectivity index (χ0n) is 16.4. The van der Waals surface area contributed by atoms with Crippen LogP contribution in [0.25, 0.3) is 0 Å². The summed E-state index contributed by atoms with van der Waals surface area (Å²) >= 11 is 0. The third-order valence-electron chi connectivity index (χ3n) is 4.91. The third-order valence-corrected chi connectivity index (χ3v) is 4.91. The number of ether oxygens (including phenoxy) is 1. The van der Waals surface area contributed by atoms with Crippen LogP contribution in [0.1, 0.15) is 22.3 Å². The maximum Gasteiger partial charge on any atom is 0.124 e. The number of methoxy groups -OCH3 is 1. The predicted octanol–water partition coefficient (Wildman–Crippen LogP) is 4.68. The summed E-state index contributed by atoms with van der Waals surface area (Å²) in [7, 11) is 1.68. The summed E-state index contributed by atoms with van der Waals surface area (Å²) in [6, 6.07) is 27.1. The summed E-state index contributed by atoms with van der Waals surface area (Å²) in [5, 5.41) is 0. The maximum absolute atomic E-state index is 11.1. The molecule has 0 fully saturated rings. The highest BCUT2D eigenvalue weighted by molar-refractivity contribution is 5.57. The lowest BCUT2D eigenvalue weighted by Crippen LogP contribution is -2.25. The summed E-state index contributed by atoms with van der Waals surface area (Å²) < 4.78 is 5.38. The van der Waals surface area contributed by atoms with Crippen LogP contribution in [0.4, 0.5) is 0 Å². The molecule has 144 valence electrons. The Bertz CT molecular complexity index is 821. The Morgan fingerprint density at radius 1 is 0.821 bits per heavy atom. The number of hydrogen-bond donors (Lipinski definition) is 0.